The molecule has 0 aromatic heterocycles. The molecule has 38 heavy (non-hydrogen) atoms. The van der Waals surface area contributed by atoms with E-state index in [1.54, 1.807) is 30.3 Å². The Bertz CT molecular complexity index is 1210. The summed E-state index contributed by atoms with van der Waals surface area (Å²) in [7, 11) is -2.41. The SMILES string of the molecule is COc1ccc(S(=O)(=O)N(CCO)CCO[C@@H]2C[C@H](c3ccc(F)cc3)C=C(C(=O)NCC3CC3)O2)cc1. The van der Waals surface area contributed by atoms with E-state index >= 15 is 0 Å². The van der Waals surface area contributed by atoms with Crippen LogP contribution in [0.3, 0.4) is 0 Å². The number of amides is 1. The molecule has 0 spiro atoms. The summed E-state index contributed by atoms with van der Waals surface area (Å²) in [6, 6.07) is 12.0. The molecule has 2 aromatic rings. The van der Waals surface area contributed by atoms with E-state index in [1.165, 1.54) is 31.4 Å². The number of hydrogen-bond acceptors (Lipinski definition) is 7. The van der Waals surface area contributed by atoms with Crippen LogP contribution in [0.4, 0.5) is 4.39 Å². The maximum absolute atomic E-state index is 13.5. The molecule has 2 N–H and O–H groups in total. The van der Waals surface area contributed by atoms with Crippen molar-refractivity contribution in [3.8, 4) is 5.75 Å². The first-order valence-corrected chi connectivity index (χ1v) is 14.0. The number of rotatable bonds is 13. The van der Waals surface area contributed by atoms with Crippen LogP contribution in [-0.2, 0) is 24.3 Å². The first-order valence-electron chi connectivity index (χ1n) is 12.6. The average molecular weight is 549 g/mol. The van der Waals surface area contributed by atoms with Crippen LogP contribution in [0, 0.1) is 11.7 Å². The number of sulfonamides is 1. The highest BCUT2D eigenvalue weighted by atomic mass is 32.2. The quantitative estimate of drug-likeness (QED) is 0.396. The van der Waals surface area contributed by atoms with Gasteiger partial charge in [-0.15, -0.1) is 0 Å². The number of methoxy groups -OCH3 is 1. The van der Waals surface area contributed by atoms with Crippen LogP contribution in [-0.4, -0.2) is 70.0 Å². The minimum Gasteiger partial charge on any atom is -0.497 e. The molecule has 2 aliphatic rings. The minimum atomic E-state index is -3.90. The lowest BCUT2D eigenvalue weighted by molar-refractivity contribution is -0.146. The first kappa shape index (κ1) is 28.0. The largest absolute Gasteiger partial charge is 0.497 e. The second kappa shape index (κ2) is 12.7. The Kier molecular flexibility index (Phi) is 9.37. The van der Waals surface area contributed by atoms with Crippen LogP contribution in [0.25, 0.3) is 0 Å². The number of hydrogen-bond donors (Lipinski definition) is 2. The van der Waals surface area contributed by atoms with Crippen molar-refractivity contribution in [3.63, 3.8) is 0 Å². The molecule has 1 aliphatic carbocycles. The van der Waals surface area contributed by atoms with E-state index in [0.717, 1.165) is 22.7 Å². The fourth-order valence-corrected chi connectivity index (χ4v) is 5.57. The summed E-state index contributed by atoms with van der Waals surface area (Å²) < 4.78 is 57.7. The third-order valence-corrected chi connectivity index (χ3v) is 8.43. The van der Waals surface area contributed by atoms with E-state index in [4.69, 9.17) is 14.2 Å². The van der Waals surface area contributed by atoms with Gasteiger partial charge in [-0.2, -0.15) is 4.31 Å². The Balaban J connectivity index is 1.42. The monoisotopic (exact) mass is 548 g/mol. The van der Waals surface area contributed by atoms with Crippen molar-refractivity contribution in [2.45, 2.75) is 36.4 Å². The van der Waals surface area contributed by atoms with Crippen molar-refractivity contribution in [3.05, 3.63) is 71.7 Å². The molecule has 9 nitrogen and oxygen atoms in total. The van der Waals surface area contributed by atoms with Crippen molar-refractivity contribution >= 4 is 15.9 Å². The number of ether oxygens (including phenoxy) is 3. The summed E-state index contributed by atoms with van der Waals surface area (Å²) in [5, 5.41) is 12.4. The molecule has 0 bridgehead atoms. The average Bonchev–Trinajstić information content (AvgIpc) is 3.76. The van der Waals surface area contributed by atoms with Crippen LogP contribution in [0.5, 0.6) is 5.75 Å². The van der Waals surface area contributed by atoms with Gasteiger partial charge >= 0.3 is 0 Å². The zero-order valence-corrected chi connectivity index (χ0v) is 22.0. The number of benzene rings is 2. The first-order chi connectivity index (χ1) is 18.3. The molecule has 206 valence electrons. The van der Waals surface area contributed by atoms with Crippen molar-refractivity contribution in [1.29, 1.82) is 0 Å². The van der Waals surface area contributed by atoms with E-state index < -0.39 is 16.3 Å². The predicted molar refractivity (Wildman–Crippen MR) is 137 cm³/mol. The van der Waals surface area contributed by atoms with Gasteiger partial charge in [0.05, 0.1) is 25.2 Å². The standard InChI is InChI=1S/C27H33FN2O7S/c1-35-23-8-10-24(11-9-23)38(33,34)30(12-14-31)13-15-36-26-17-21(20-4-6-22(28)7-5-20)16-25(37-26)27(32)29-18-19-2-3-19/h4-11,16,19,21,26,31H,2-3,12-15,17-18H2,1H3,(H,29,32)/t21-,26+/m1/s1. The third-order valence-electron chi connectivity index (χ3n) is 6.52. The number of carbonyl (C=O) groups excluding carboxylic acids is 1. The molecule has 0 unspecified atom stereocenters. The van der Waals surface area contributed by atoms with E-state index in [-0.39, 0.29) is 54.6 Å². The fraction of sp³-hybridized carbons (Fsp3) is 0.444. The van der Waals surface area contributed by atoms with Crippen molar-refractivity contribution < 1.29 is 36.9 Å². The lowest BCUT2D eigenvalue weighted by Crippen LogP contribution is -2.38. The Morgan fingerprint density at radius 2 is 1.84 bits per heavy atom. The minimum absolute atomic E-state index is 0.0346. The fourth-order valence-electron chi connectivity index (χ4n) is 4.15. The van der Waals surface area contributed by atoms with Crippen LogP contribution in [0.15, 0.2) is 65.3 Å². The summed E-state index contributed by atoms with van der Waals surface area (Å²) in [5.74, 6) is 0.176. The topological polar surface area (TPSA) is 114 Å². The van der Waals surface area contributed by atoms with E-state index in [2.05, 4.69) is 5.32 Å². The molecule has 1 heterocycles. The Morgan fingerprint density at radius 1 is 1.13 bits per heavy atom. The van der Waals surface area contributed by atoms with E-state index in [9.17, 15) is 22.7 Å². The van der Waals surface area contributed by atoms with Gasteiger partial charge in [0.2, 0.25) is 16.3 Å². The van der Waals surface area contributed by atoms with Gasteiger partial charge in [0.25, 0.3) is 5.91 Å². The highest BCUT2D eigenvalue weighted by molar-refractivity contribution is 7.89. The van der Waals surface area contributed by atoms with E-state index in [1.807, 2.05) is 0 Å². The van der Waals surface area contributed by atoms with Gasteiger partial charge in [-0.05, 0) is 66.8 Å². The predicted octanol–water partition coefficient (Wildman–Crippen LogP) is 2.77. The highest BCUT2D eigenvalue weighted by Gasteiger charge is 2.31. The van der Waals surface area contributed by atoms with Crippen molar-refractivity contribution in [1.82, 2.24) is 9.62 Å². The molecule has 4 rings (SSSR count). The van der Waals surface area contributed by atoms with Gasteiger partial charge in [-0.1, -0.05) is 12.1 Å². The number of halogens is 1. The van der Waals surface area contributed by atoms with Gasteiger partial charge in [0, 0.05) is 32.0 Å². The van der Waals surface area contributed by atoms with E-state index in [0.29, 0.717) is 24.6 Å². The molecule has 11 heteroatoms. The third kappa shape index (κ3) is 7.31. The summed E-state index contributed by atoms with van der Waals surface area (Å²) in [6.07, 6.45) is 3.43. The van der Waals surface area contributed by atoms with Crippen LogP contribution in [0.1, 0.15) is 30.7 Å². The summed E-state index contributed by atoms with van der Waals surface area (Å²) in [6.45, 7) is 0.0217. The maximum Gasteiger partial charge on any atom is 0.286 e. The van der Waals surface area contributed by atoms with Crippen LogP contribution in [0.2, 0.25) is 0 Å². The molecular weight excluding hydrogens is 515 g/mol. The summed E-state index contributed by atoms with van der Waals surface area (Å²) >= 11 is 0. The zero-order chi connectivity index (χ0) is 27.1. The number of carbonyl (C=O) groups is 1. The van der Waals surface area contributed by atoms with Crippen molar-refractivity contribution in [2.24, 2.45) is 5.92 Å². The number of nitrogens with one attached hydrogen (secondary N) is 1. The summed E-state index contributed by atoms with van der Waals surface area (Å²) in [5.41, 5.74) is 0.805. The lowest BCUT2D eigenvalue weighted by atomic mass is 9.93. The lowest BCUT2D eigenvalue weighted by Gasteiger charge is -2.30. The molecule has 1 fully saturated rings. The number of aliphatic hydroxyl groups excluding tert-OH is 1. The second-order valence-corrected chi connectivity index (χ2v) is 11.2. The molecule has 2 aromatic carbocycles. The number of nitrogens with zero attached hydrogens (tertiary/aromatic N) is 1. The smallest absolute Gasteiger partial charge is 0.286 e. The van der Waals surface area contributed by atoms with Gasteiger partial charge in [-0.25, -0.2) is 12.8 Å². The maximum atomic E-state index is 13.5. The molecule has 0 saturated heterocycles. The Labute approximate surface area is 222 Å². The Hall–Kier alpha value is -2.99. The van der Waals surface area contributed by atoms with Gasteiger partial charge in [0.15, 0.2) is 5.76 Å². The molecule has 1 aliphatic heterocycles. The zero-order valence-electron chi connectivity index (χ0n) is 21.2. The molecule has 1 saturated carbocycles. The van der Waals surface area contributed by atoms with Crippen LogP contribution >= 0.6 is 0 Å². The summed E-state index contributed by atoms with van der Waals surface area (Å²) in [4.78, 5) is 12.8. The van der Waals surface area contributed by atoms with Gasteiger partial charge < -0.3 is 24.6 Å². The van der Waals surface area contributed by atoms with Crippen LogP contribution < -0.4 is 10.1 Å². The number of aliphatic hydroxyl groups is 1. The highest BCUT2D eigenvalue weighted by Crippen LogP contribution is 2.32. The molecule has 2 atom stereocenters. The molecular formula is C27H33FN2O7S. The molecule has 1 amide bonds. The van der Waals surface area contributed by atoms with Gasteiger partial charge in [0.1, 0.15) is 11.6 Å². The second-order valence-electron chi connectivity index (χ2n) is 9.30. The Morgan fingerprint density at radius 3 is 2.47 bits per heavy atom. The van der Waals surface area contributed by atoms with Crippen molar-refractivity contribution in [2.75, 3.05) is 40.0 Å². The number of allylic oxidation sites excluding steroid dienone is 1. The van der Waals surface area contributed by atoms with Gasteiger partial charge in [-0.3, -0.25) is 4.79 Å². The normalized spacial score (nSPS) is 19.5. The molecule has 0 radical (unpaired) electrons.